The normalized spacial score (nSPS) is 11.8. The Hall–Kier alpha value is -3.48. The first-order chi connectivity index (χ1) is 13.4. The van der Waals surface area contributed by atoms with E-state index < -0.39 is 10.9 Å². The monoisotopic (exact) mass is 379 g/mol. The second kappa shape index (κ2) is 8.04. The van der Waals surface area contributed by atoms with Crippen molar-refractivity contribution in [2.24, 2.45) is 0 Å². The van der Waals surface area contributed by atoms with Crippen molar-refractivity contribution in [3.8, 4) is 0 Å². The minimum atomic E-state index is -0.416. The number of hydrogen-bond acceptors (Lipinski definition) is 5. The van der Waals surface area contributed by atoms with Gasteiger partial charge in [-0.3, -0.25) is 14.8 Å². The average Bonchev–Trinajstić information content (AvgIpc) is 2.96. The van der Waals surface area contributed by atoms with E-state index in [1.165, 1.54) is 0 Å². The van der Waals surface area contributed by atoms with Crippen molar-refractivity contribution >= 4 is 11.7 Å². The Morgan fingerprint density at radius 3 is 2.36 bits per heavy atom. The van der Waals surface area contributed by atoms with Gasteiger partial charge in [0.15, 0.2) is 0 Å². The van der Waals surface area contributed by atoms with Gasteiger partial charge in [-0.25, -0.2) is 4.79 Å². The maximum Gasteiger partial charge on any atom is 0.338 e. The first-order valence-corrected chi connectivity index (χ1v) is 8.90. The summed E-state index contributed by atoms with van der Waals surface area (Å²) in [6.07, 6.45) is -0.344. The minimum Gasteiger partial charge on any atom is -0.454 e. The molecule has 0 N–H and O–H groups in total. The minimum absolute atomic E-state index is 0.0371. The van der Waals surface area contributed by atoms with E-state index in [4.69, 9.17) is 4.74 Å². The molecule has 0 spiro atoms. The highest BCUT2D eigenvalue weighted by Crippen LogP contribution is 2.23. The van der Waals surface area contributed by atoms with E-state index in [0.29, 0.717) is 23.5 Å². The number of aromatic nitrogens is 2. The van der Waals surface area contributed by atoms with Crippen LogP contribution in [0.2, 0.25) is 0 Å². The van der Waals surface area contributed by atoms with Crippen molar-refractivity contribution in [1.82, 2.24) is 9.78 Å². The summed E-state index contributed by atoms with van der Waals surface area (Å²) in [6, 6.07) is 16.5. The third-order valence-electron chi connectivity index (χ3n) is 4.60. The van der Waals surface area contributed by atoms with Gasteiger partial charge in [0.1, 0.15) is 17.5 Å². The molecule has 3 aromatic rings. The molecule has 0 aliphatic rings. The van der Waals surface area contributed by atoms with E-state index in [1.54, 1.807) is 42.8 Å². The number of carbonyl (C=O) groups excluding carboxylic acids is 1. The predicted octanol–water partition coefficient (Wildman–Crippen LogP) is 4.37. The molecule has 0 bridgehead atoms. The number of nitrogens with zero attached hydrogens (tertiary/aromatic N) is 3. The van der Waals surface area contributed by atoms with Gasteiger partial charge in [-0.15, -0.1) is 0 Å². The molecular weight excluding hydrogens is 358 g/mol. The quantitative estimate of drug-likeness (QED) is 0.360. The van der Waals surface area contributed by atoms with E-state index in [0.717, 1.165) is 11.1 Å². The molecule has 0 saturated carbocycles. The lowest BCUT2D eigenvalue weighted by atomic mass is 10.1. The zero-order valence-corrected chi connectivity index (χ0v) is 16.0. The third kappa shape index (κ3) is 4.09. The summed E-state index contributed by atoms with van der Waals surface area (Å²) in [5, 5.41) is 15.4. The summed E-state index contributed by atoms with van der Waals surface area (Å²) in [5.41, 5.74) is 3.19. The standard InChI is InChI=1S/C21H21N3O4/c1-14-20(24(26)27)15(2)23(22-14)13-17-9-11-19(12-10-17)21(25)28-16(3)18-7-5-4-6-8-18/h4-12,16H,13H2,1-3H3/t16-/m1/s1. The number of benzene rings is 2. The van der Waals surface area contributed by atoms with Crippen molar-refractivity contribution in [2.75, 3.05) is 0 Å². The highest BCUT2D eigenvalue weighted by molar-refractivity contribution is 5.89. The predicted molar refractivity (Wildman–Crippen MR) is 104 cm³/mol. The Morgan fingerprint density at radius 2 is 1.79 bits per heavy atom. The van der Waals surface area contributed by atoms with Crippen LogP contribution in [0.15, 0.2) is 54.6 Å². The summed E-state index contributed by atoms with van der Waals surface area (Å²) < 4.78 is 7.11. The summed E-state index contributed by atoms with van der Waals surface area (Å²) in [7, 11) is 0. The molecule has 7 heteroatoms. The summed E-state index contributed by atoms with van der Waals surface area (Å²) in [4.78, 5) is 23.1. The molecule has 1 atom stereocenters. The van der Waals surface area contributed by atoms with Gasteiger partial charge < -0.3 is 4.74 Å². The van der Waals surface area contributed by atoms with Crippen LogP contribution in [-0.4, -0.2) is 20.7 Å². The van der Waals surface area contributed by atoms with Gasteiger partial charge in [-0.1, -0.05) is 42.5 Å². The molecule has 144 valence electrons. The second-order valence-corrected chi connectivity index (χ2v) is 6.59. The van der Waals surface area contributed by atoms with Crippen LogP contribution in [0.5, 0.6) is 0 Å². The molecule has 0 amide bonds. The summed E-state index contributed by atoms with van der Waals surface area (Å²) in [5.74, 6) is -0.398. The van der Waals surface area contributed by atoms with Crippen LogP contribution < -0.4 is 0 Å². The van der Waals surface area contributed by atoms with Crippen LogP contribution in [0, 0.1) is 24.0 Å². The number of hydrogen-bond donors (Lipinski definition) is 0. The smallest absolute Gasteiger partial charge is 0.338 e. The van der Waals surface area contributed by atoms with E-state index >= 15 is 0 Å². The maximum atomic E-state index is 12.4. The van der Waals surface area contributed by atoms with Gasteiger partial charge in [0.2, 0.25) is 0 Å². The molecule has 0 unspecified atom stereocenters. The van der Waals surface area contributed by atoms with Crippen LogP contribution in [-0.2, 0) is 11.3 Å². The Kier molecular flexibility index (Phi) is 5.54. The van der Waals surface area contributed by atoms with Crippen LogP contribution in [0.4, 0.5) is 5.69 Å². The molecule has 0 saturated heterocycles. The van der Waals surface area contributed by atoms with Gasteiger partial charge in [-0.05, 0) is 44.0 Å². The molecule has 0 fully saturated rings. The van der Waals surface area contributed by atoms with Crippen molar-refractivity contribution in [3.63, 3.8) is 0 Å². The molecule has 0 aliphatic carbocycles. The number of ether oxygens (including phenoxy) is 1. The SMILES string of the molecule is Cc1nn(Cc2ccc(C(=O)O[C@H](C)c3ccccc3)cc2)c(C)c1[N+](=O)[O-]. The lowest BCUT2D eigenvalue weighted by Gasteiger charge is -2.13. The number of nitro groups is 1. The number of carbonyl (C=O) groups is 1. The lowest BCUT2D eigenvalue weighted by Crippen LogP contribution is -2.10. The third-order valence-corrected chi connectivity index (χ3v) is 4.60. The Bertz CT molecular complexity index is 994. The number of esters is 1. The topological polar surface area (TPSA) is 87.3 Å². The fourth-order valence-corrected chi connectivity index (χ4v) is 3.05. The molecule has 3 rings (SSSR count). The summed E-state index contributed by atoms with van der Waals surface area (Å²) >= 11 is 0. The van der Waals surface area contributed by atoms with Gasteiger partial charge in [-0.2, -0.15) is 5.10 Å². The van der Waals surface area contributed by atoms with Crippen LogP contribution >= 0.6 is 0 Å². The first kappa shape index (κ1) is 19.3. The molecule has 1 aromatic heterocycles. The molecular formula is C21H21N3O4. The van der Waals surface area contributed by atoms with Crippen molar-refractivity contribution < 1.29 is 14.5 Å². The van der Waals surface area contributed by atoms with Gasteiger partial charge >= 0.3 is 11.7 Å². The van der Waals surface area contributed by atoms with Gasteiger partial charge in [0, 0.05) is 0 Å². The number of aryl methyl sites for hydroxylation is 1. The second-order valence-electron chi connectivity index (χ2n) is 6.59. The molecule has 28 heavy (non-hydrogen) atoms. The molecule has 1 heterocycles. The lowest BCUT2D eigenvalue weighted by molar-refractivity contribution is -0.386. The zero-order chi connectivity index (χ0) is 20.3. The van der Waals surface area contributed by atoms with Gasteiger partial charge in [0.05, 0.1) is 17.0 Å². The molecule has 2 aromatic carbocycles. The average molecular weight is 379 g/mol. The molecule has 0 radical (unpaired) electrons. The number of rotatable bonds is 6. The largest absolute Gasteiger partial charge is 0.454 e. The molecule has 0 aliphatic heterocycles. The van der Waals surface area contributed by atoms with Crippen molar-refractivity contribution in [3.05, 3.63) is 92.8 Å². The van der Waals surface area contributed by atoms with Crippen LogP contribution in [0.3, 0.4) is 0 Å². The summed E-state index contributed by atoms with van der Waals surface area (Å²) in [6.45, 7) is 5.51. The van der Waals surface area contributed by atoms with E-state index in [1.807, 2.05) is 37.3 Å². The van der Waals surface area contributed by atoms with Crippen LogP contribution in [0.1, 0.15) is 45.9 Å². The van der Waals surface area contributed by atoms with Crippen molar-refractivity contribution in [2.45, 2.75) is 33.4 Å². The molecule has 7 nitrogen and oxygen atoms in total. The van der Waals surface area contributed by atoms with E-state index in [-0.39, 0.29) is 11.8 Å². The first-order valence-electron chi connectivity index (χ1n) is 8.90. The zero-order valence-electron chi connectivity index (χ0n) is 16.0. The van der Waals surface area contributed by atoms with Gasteiger partial charge in [0.25, 0.3) is 0 Å². The Balaban J connectivity index is 1.69. The maximum absolute atomic E-state index is 12.4. The van der Waals surface area contributed by atoms with E-state index in [9.17, 15) is 14.9 Å². The fraction of sp³-hybridized carbons (Fsp3) is 0.238. The van der Waals surface area contributed by atoms with Crippen molar-refractivity contribution in [1.29, 1.82) is 0 Å². The van der Waals surface area contributed by atoms with Crippen LogP contribution in [0.25, 0.3) is 0 Å². The Labute approximate surface area is 162 Å². The fourth-order valence-electron chi connectivity index (χ4n) is 3.05. The highest BCUT2D eigenvalue weighted by Gasteiger charge is 2.21. The Morgan fingerprint density at radius 1 is 1.14 bits per heavy atom. The highest BCUT2D eigenvalue weighted by atomic mass is 16.6. The van der Waals surface area contributed by atoms with E-state index in [2.05, 4.69) is 5.10 Å².